The van der Waals surface area contributed by atoms with E-state index in [1.165, 1.54) is 11.1 Å². The van der Waals surface area contributed by atoms with Gasteiger partial charge in [-0.05, 0) is 55.4 Å². The van der Waals surface area contributed by atoms with Crippen LogP contribution in [0.3, 0.4) is 0 Å². The lowest BCUT2D eigenvalue weighted by atomic mass is 9.53. The van der Waals surface area contributed by atoms with Crippen LogP contribution in [0.25, 0.3) is 0 Å². The van der Waals surface area contributed by atoms with Gasteiger partial charge in [-0.1, -0.05) is 58.4 Å². The third-order valence-corrected chi connectivity index (χ3v) is 7.62. The van der Waals surface area contributed by atoms with Gasteiger partial charge in [0.15, 0.2) is 0 Å². The minimum absolute atomic E-state index is 0.0672. The number of benzene rings is 2. The van der Waals surface area contributed by atoms with Crippen LogP contribution in [-0.2, 0) is 26.3 Å². The van der Waals surface area contributed by atoms with E-state index in [1.807, 2.05) is 30.3 Å². The zero-order valence-corrected chi connectivity index (χ0v) is 18.4. The Hall–Kier alpha value is -1.21. The van der Waals surface area contributed by atoms with Crippen molar-refractivity contribution in [1.29, 1.82) is 0 Å². The van der Waals surface area contributed by atoms with E-state index in [9.17, 15) is 8.42 Å². The van der Waals surface area contributed by atoms with Crippen LogP contribution in [0.1, 0.15) is 43.2 Å². The summed E-state index contributed by atoms with van der Waals surface area (Å²) < 4.78 is 30.8. The molecule has 0 radical (unpaired) electrons. The van der Waals surface area contributed by atoms with Crippen molar-refractivity contribution in [3.05, 3.63) is 70.2 Å². The number of hydrogen-bond acceptors (Lipinski definition) is 4. The topological polar surface area (TPSA) is 55.4 Å². The lowest BCUT2D eigenvalue weighted by Gasteiger charge is -2.57. The van der Waals surface area contributed by atoms with Crippen LogP contribution in [0.4, 0.5) is 0 Å². The number of halogens is 1. The largest absolute Gasteiger partial charge is 0.307 e. The molecule has 6 heteroatoms. The van der Waals surface area contributed by atoms with E-state index in [0.717, 1.165) is 43.0 Å². The Bertz CT molecular complexity index is 920. The van der Waals surface area contributed by atoms with Crippen molar-refractivity contribution >= 4 is 26.0 Å². The van der Waals surface area contributed by atoms with Crippen molar-refractivity contribution in [2.45, 2.75) is 55.7 Å². The molecule has 28 heavy (non-hydrogen) atoms. The minimum Gasteiger partial charge on any atom is -0.307 e. The third kappa shape index (κ3) is 4.06. The van der Waals surface area contributed by atoms with E-state index < -0.39 is 10.1 Å². The highest BCUT2D eigenvalue weighted by atomic mass is 79.9. The van der Waals surface area contributed by atoms with Crippen molar-refractivity contribution in [2.75, 3.05) is 6.26 Å². The molecule has 5 rings (SSSR count). The van der Waals surface area contributed by atoms with Gasteiger partial charge in [-0.25, -0.2) is 0 Å². The zero-order chi connectivity index (χ0) is 19.8. The molecule has 1 atom stereocenters. The summed E-state index contributed by atoms with van der Waals surface area (Å²) in [5.74, 6) is 0. The van der Waals surface area contributed by atoms with Crippen molar-refractivity contribution in [3.8, 4) is 0 Å². The summed E-state index contributed by atoms with van der Waals surface area (Å²) in [7, 11) is -3.53. The van der Waals surface area contributed by atoms with Gasteiger partial charge in [-0.2, -0.15) is 8.42 Å². The predicted octanol–water partition coefficient (Wildman–Crippen LogP) is 4.54. The second-order valence-electron chi connectivity index (χ2n) is 8.28. The second kappa shape index (κ2) is 7.56. The zero-order valence-electron chi connectivity index (χ0n) is 16.0. The maximum Gasteiger partial charge on any atom is 0.264 e. The molecule has 1 N–H and O–H groups in total. The molecule has 2 aromatic rings. The van der Waals surface area contributed by atoms with Crippen LogP contribution in [-0.4, -0.2) is 26.3 Å². The Balaban J connectivity index is 1.60. The first kappa shape index (κ1) is 20.1. The van der Waals surface area contributed by atoms with Gasteiger partial charge in [0.05, 0.1) is 12.4 Å². The average molecular weight is 464 g/mol. The third-order valence-electron chi connectivity index (χ3n) is 6.51. The molecule has 3 aliphatic carbocycles. The van der Waals surface area contributed by atoms with E-state index in [1.54, 1.807) is 0 Å². The first-order valence-electron chi connectivity index (χ1n) is 9.74. The Morgan fingerprint density at radius 1 is 1.04 bits per heavy atom. The maximum absolute atomic E-state index is 12.0. The van der Waals surface area contributed by atoms with Crippen LogP contribution in [0.5, 0.6) is 0 Å². The van der Waals surface area contributed by atoms with Gasteiger partial charge < -0.3 is 5.32 Å². The SMILES string of the molecule is CS(=O)(=O)OC1CC2(NCc3ccccc3)CCC1(c1ccc(Br)cc1)CC2. The molecule has 0 aromatic heterocycles. The highest BCUT2D eigenvalue weighted by Gasteiger charge is 2.56. The molecule has 0 heterocycles. The number of rotatable bonds is 6. The van der Waals surface area contributed by atoms with E-state index in [2.05, 4.69) is 45.5 Å². The number of nitrogens with one attached hydrogen (secondary N) is 1. The summed E-state index contributed by atoms with van der Waals surface area (Å²) >= 11 is 3.50. The van der Waals surface area contributed by atoms with Crippen molar-refractivity contribution < 1.29 is 12.6 Å². The summed E-state index contributed by atoms with van der Waals surface area (Å²) in [6.07, 6.45) is 5.44. The lowest BCUT2D eigenvalue weighted by Crippen LogP contribution is -2.63. The monoisotopic (exact) mass is 463 g/mol. The average Bonchev–Trinajstić information content (AvgIpc) is 2.68. The van der Waals surface area contributed by atoms with E-state index in [4.69, 9.17) is 4.18 Å². The Kier molecular flexibility index (Phi) is 5.42. The quantitative estimate of drug-likeness (QED) is 0.638. The maximum atomic E-state index is 12.0. The number of hydrogen-bond donors (Lipinski definition) is 1. The Labute approximate surface area is 175 Å². The van der Waals surface area contributed by atoms with Crippen molar-refractivity contribution in [3.63, 3.8) is 0 Å². The Morgan fingerprint density at radius 3 is 2.29 bits per heavy atom. The first-order chi connectivity index (χ1) is 13.3. The van der Waals surface area contributed by atoms with Gasteiger partial charge >= 0.3 is 0 Å². The van der Waals surface area contributed by atoms with Crippen LogP contribution >= 0.6 is 15.9 Å². The smallest absolute Gasteiger partial charge is 0.264 e. The van der Waals surface area contributed by atoms with E-state index in [-0.39, 0.29) is 17.1 Å². The molecule has 3 aliphatic rings. The summed E-state index contributed by atoms with van der Waals surface area (Å²) in [5.41, 5.74) is 2.12. The Morgan fingerprint density at radius 2 is 1.68 bits per heavy atom. The molecule has 0 spiro atoms. The predicted molar refractivity (Wildman–Crippen MR) is 115 cm³/mol. The molecule has 2 bridgehead atoms. The normalized spacial score (nSPS) is 29.7. The molecule has 3 fully saturated rings. The van der Waals surface area contributed by atoms with Gasteiger partial charge in [0.1, 0.15) is 0 Å². The fourth-order valence-corrected chi connectivity index (χ4v) is 5.92. The standard InChI is InChI=1S/C22H26BrNO3S/c1-28(25,26)27-20-15-21(24-16-17-5-3-2-4-6-17)11-13-22(20,14-12-21)18-7-9-19(23)10-8-18/h2-10,20,24H,11-16H2,1H3. The summed E-state index contributed by atoms with van der Waals surface area (Å²) in [5, 5.41) is 3.75. The molecule has 150 valence electrons. The van der Waals surface area contributed by atoms with Gasteiger partial charge in [-0.15, -0.1) is 0 Å². The molecular weight excluding hydrogens is 438 g/mol. The van der Waals surface area contributed by atoms with Crippen LogP contribution in [0.2, 0.25) is 0 Å². The van der Waals surface area contributed by atoms with Crippen molar-refractivity contribution in [1.82, 2.24) is 5.32 Å². The van der Waals surface area contributed by atoms with Crippen LogP contribution < -0.4 is 5.32 Å². The number of fused-ring (bicyclic) bond motifs is 3. The van der Waals surface area contributed by atoms with Crippen LogP contribution in [0.15, 0.2) is 59.1 Å². The lowest BCUT2D eigenvalue weighted by molar-refractivity contribution is -0.0324. The van der Waals surface area contributed by atoms with Crippen LogP contribution in [0, 0.1) is 0 Å². The van der Waals surface area contributed by atoms with Gasteiger partial charge in [0.25, 0.3) is 10.1 Å². The summed E-state index contributed by atoms with van der Waals surface area (Å²) in [4.78, 5) is 0. The molecule has 0 aliphatic heterocycles. The van der Waals surface area contributed by atoms with E-state index in [0.29, 0.717) is 6.42 Å². The molecule has 1 unspecified atom stereocenters. The molecule has 4 nitrogen and oxygen atoms in total. The minimum atomic E-state index is -3.53. The highest BCUT2D eigenvalue weighted by Crippen LogP contribution is 2.55. The van der Waals surface area contributed by atoms with Crippen molar-refractivity contribution in [2.24, 2.45) is 0 Å². The molecular formula is C22H26BrNO3S. The molecule has 0 saturated heterocycles. The molecule has 2 aromatic carbocycles. The fourth-order valence-electron chi connectivity index (χ4n) is 4.98. The molecule has 3 saturated carbocycles. The summed E-state index contributed by atoms with van der Waals surface area (Å²) in [6, 6.07) is 18.6. The molecule has 0 amide bonds. The fraction of sp³-hybridized carbons (Fsp3) is 0.455. The van der Waals surface area contributed by atoms with E-state index >= 15 is 0 Å². The first-order valence-corrected chi connectivity index (χ1v) is 12.3. The highest BCUT2D eigenvalue weighted by molar-refractivity contribution is 9.10. The van der Waals surface area contributed by atoms with Gasteiger partial charge in [0.2, 0.25) is 0 Å². The summed E-state index contributed by atoms with van der Waals surface area (Å²) in [6.45, 7) is 0.789. The van der Waals surface area contributed by atoms with Gasteiger partial charge in [-0.3, -0.25) is 4.18 Å². The van der Waals surface area contributed by atoms with Gasteiger partial charge in [0, 0.05) is 22.0 Å². The second-order valence-corrected chi connectivity index (χ2v) is 10.8.